The molecule has 3 N–H and O–H groups in total. The Morgan fingerprint density at radius 1 is 1.16 bits per heavy atom. The Balaban J connectivity index is 2.81. The molecule has 8 heteroatoms. The predicted octanol–water partition coefficient (Wildman–Crippen LogP) is 4.04. The lowest BCUT2D eigenvalue weighted by atomic mass is 10.1. The second-order valence-electron chi connectivity index (χ2n) is 4.16. The zero-order valence-electron chi connectivity index (χ0n) is 9.86. The number of nitrogens with one attached hydrogen (secondary N) is 1. The van der Waals surface area contributed by atoms with Crippen molar-refractivity contribution in [3.05, 3.63) is 23.8 Å². The Labute approximate surface area is 105 Å². The molecule has 1 atom stereocenters. The molecule has 0 aromatic heterocycles. The summed E-state index contributed by atoms with van der Waals surface area (Å²) in [6.45, 7) is 1.27. The van der Waals surface area contributed by atoms with Crippen LogP contribution in [0.5, 0.6) is 0 Å². The van der Waals surface area contributed by atoms with Gasteiger partial charge in [0.2, 0.25) is 0 Å². The standard InChI is InChI=1S/C11H12F6N2/c1-6(5-10(12,13)14)19-9-3-2-7(4-8(9)18)11(15,16)17/h2-4,6,19H,5,18H2,1H3. The normalized spacial score (nSPS) is 14.3. The van der Waals surface area contributed by atoms with Gasteiger partial charge in [-0.3, -0.25) is 0 Å². The molecule has 0 aliphatic carbocycles. The van der Waals surface area contributed by atoms with Crippen molar-refractivity contribution in [2.24, 2.45) is 0 Å². The molecule has 0 bridgehead atoms. The van der Waals surface area contributed by atoms with Gasteiger partial charge in [-0.1, -0.05) is 0 Å². The Morgan fingerprint density at radius 3 is 2.16 bits per heavy atom. The summed E-state index contributed by atoms with van der Waals surface area (Å²) in [7, 11) is 0. The molecule has 2 nitrogen and oxygen atoms in total. The van der Waals surface area contributed by atoms with Crippen LogP contribution in [0.2, 0.25) is 0 Å². The van der Waals surface area contributed by atoms with E-state index in [4.69, 9.17) is 5.73 Å². The lowest BCUT2D eigenvalue weighted by Crippen LogP contribution is -2.24. The van der Waals surface area contributed by atoms with Gasteiger partial charge in [0.25, 0.3) is 0 Å². The van der Waals surface area contributed by atoms with Gasteiger partial charge in [0, 0.05) is 6.04 Å². The van der Waals surface area contributed by atoms with E-state index < -0.39 is 30.4 Å². The first kappa shape index (κ1) is 15.5. The molecule has 1 unspecified atom stereocenters. The van der Waals surface area contributed by atoms with E-state index in [1.54, 1.807) is 0 Å². The van der Waals surface area contributed by atoms with Crippen LogP contribution >= 0.6 is 0 Å². The molecule has 0 fully saturated rings. The minimum absolute atomic E-state index is 0.0461. The number of benzene rings is 1. The minimum Gasteiger partial charge on any atom is -0.397 e. The smallest absolute Gasteiger partial charge is 0.397 e. The lowest BCUT2D eigenvalue weighted by molar-refractivity contribution is -0.137. The number of nitrogen functional groups attached to an aromatic ring is 1. The molecule has 1 aromatic carbocycles. The maximum atomic E-state index is 12.4. The van der Waals surface area contributed by atoms with Crippen LogP contribution in [0.15, 0.2) is 18.2 Å². The summed E-state index contributed by atoms with van der Waals surface area (Å²) in [6, 6.07) is 1.48. The van der Waals surface area contributed by atoms with Gasteiger partial charge in [-0.05, 0) is 25.1 Å². The molecule has 0 saturated heterocycles. The second-order valence-corrected chi connectivity index (χ2v) is 4.16. The maximum absolute atomic E-state index is 12.4. The van der Waals surface area contributed by atoms with Gasteiger partial charge in [-0.15, -0.1) is 0 Å². The average Bonchev–Trinajstić information content (AvgIpc) is 2.16. The van der Waals surface area contributed by atoms with E-state index in [-0.39, 0.29) is 11.4 Å². The van der Waals surface area contributed by atoms with Crippen LogP contribution in [0.3, 0.4) is 0 Å². The van der Waals surface area contributed by atoms with Crippen LogP contribution in [0, 0.1) is 0 Å². The fourth-order valence-corrected chi connectivity index (χ4v) is 1.53. The first-order chi connectivity index (χ1) is 8.49. The molecule has 0 amide bonds. The van der Waals surface area contributed by atoms with Crippen molar-refractivity contribution >= 4 is 11.4 Å². The third-order valence-electron chi connectivity index (χ3n) is 2.32. The highest BCUT2D eigenvalue weighted by molar-refractivity contribution is 5.67. The summed E-state index contributed by atoms with van der Waals surface area (Å²) in [5, 5.41) is 2.43. The Bertz CT molecular complexity index is 438. The number of rotatable bonds is 3. The van der Waals surface area contributed by atoms with Crippen LogP contribution in [-0.4, -0.2) is 12.2 Å². The molecule has 19 heavy (non-hydrogen) atoms. The Kier molecular flexibility index (Phi) is 4.21. The molecule has 1 rings (SSSR count). The SMILES string of the molecule is CC(CC(F)(F)F)Nc1ccc(C(F)(F)F)cc1N. The lowest BCUT2D eigenvalue weighted by Gasteiger charge is -2.19. The summed E-state index contributed by atoms with van der Waals surface area (Å²) in [6.07, 6.45) is -10.00. The fourth-order valence-electron chi connectivity index (χ4n) is 1.53. The van der Waals surface area contributed by atoms with E-state index in [0.29, 0.717) is 6.07 Å². The van der Waals surface area contributed by atoms with Crippen LogP contribution in [0.25, 0.3) is 0 Å². The molecule has 0 aliphatic heterocycles. The van der Waals surface area contributed by atoms with Gasteiger partial charge in [0.05, 0.1) is 23.4 Å². The number of hydrogen-bond donors (Lipinski definition) is 2. The first-order valence-electron chi connectivity index (χ1n) is 5.29. The number of anilines is 2. The van der Waals surface area contributed by atoms with E-state index in [1.807, 2.05) is 0 Å². The van der Waals surface area contributed by atoms with Crippen molar-refractivity contribution in [1.82, 2.24) is 0 Å². The van der Waals surface area contributed by atoms with E-state index in [1.165, 1.54) is 6.92 Å². The zero-order valence-corrected chi connectivity index (χ0v) is 9.86. The summed E-state index contributed by atoms with van der Waals surface area (Å²) in [5.74, 6) is 0. The van der Waals surface area contributed by atoms with E-state index >= 15 is 0 Å². The van der Waals surface area contributed by atoms with Gasteiger partial charge < -0.3 is 11.1 Å². The Morgan fingerprint density at radius 2 is 1.74 bits per heavy atom. The molecule has 1 aromatic rings. The Hall–Kier alpha value is -1.60. The highest BCUT2D eigenvalue weighted by atomic mass is 19.4. The molecule has 108 valence electrons. The number of alkyl halides is 6. The third kappa shape index (κ3) is 4.88. The van der Waals surface area contributed by atoms with Gasteiger partial charge >= 0.3 is 12.4 Å². The number of halogens is 6. The second kappa shape index (κ2) is 5.18. The van der Waals surface area contributed by atoms with Crippen molar-refractivity contribution in [3.63, 3.8) is 0 Å². The van der Waals surface area contributed by atoms with Gasteiger partial charge in [-0.2, -0.15) is 26.3 Å². The minimum atomic E-state index is -4.54. The van der Waals surface area contributed by atoms with Gasteiger partial charge in [-0.25, -0.2) is 0 Å². The van der Waals surface area contributed by atoms with Crippen molar-refractivity contribution < 1.29 is 26.3 Å². The highest BCUT2D eigenvalue weighted by Gasteiger charge is 2.32. The van der Waals surface area contributed by atoms with Crippen molar-refractivity contribution in [1.29, 1.82) is 0 Å². The van der Waals surface area contributed by atoms with Gasteiger partial charge in [0.1, 0.15) is 0 Å². The van der Waals surface area contributed by atoms with Crippen molar-refractivity contribution in [2.45, 2.75) is 31.7 Å². The molecule has 0 spiro atoms. The van der Waals surface area contributed by atoms with E-state index in [9.17, 15) is 26.3 Å². The van der Waals surface area contributed by atoms with Gasteiger partial charge in [0.15, 0.2) is 0 Å². The van der Waals surface area contributed by atoms with Crippen LogP contribution in [-0.2, 0) is 6.18 Å². The van der Waals surface area contributed by atoms with E-state index in [2.05, 4.69) is 5.32 Å². The number of hydrogen-bond acceptors (Lipinski definition) is 2. The average molecular weight is 286 g/mol. The molecule has 0 aliphatic rings. The zero-order chi connectivity index (χ0) is 14.8. The molecular formula is C11H12F6N2. The van der Waals surface area contributed by atoms with Crippen LogP contribution in [0.4, 0.5) is 37.7 Å². The van der Waals surface area contributed by atoms with Crippen LogP contribution < -0.4 is 11.1 Å². The highest BCUT2D eigenvalue weighted by Crippen LogP contribution is 2.33. The molecule has 0 saturated carbocycles. The molecular weight excluding hydrogens is 274 g/mol. The quantitative estimate of drug-likeness (QED) is 0.650. The maximum Gasteiger partial charge on any atom is 0.416 e. The van der Waals surface area contributed by atoms with Crippen LogP contribution in [0.1, 0.15) is 18.9 Å². The molecule has 0 radical (unpaired) electrons. The molecule has 0 heterocycles. The van der Waals surface area contributed by atoms with E-state index in [0.717, 1.165) is 12.1 Å². The summed E-state index contributed by atoms with van der Waals surface area (Å²) in [4.78, 5) is 0. The van der Waals surface area contributed by atoms with Crippen molar-refractivity contribution in [3.8, 4) is 0 Å². The fraction of sp³-hybridized carbons (Fsp3) is 0.455. The summed E-state index contributed by atoms with van der Waals surface area (Å²) >= 11 is 0. The topological polar surface area (TPSA) is 38.0 Å². The number of nitrogens with two attached hydrogens (primary N) is 1. The third-order valence-corrected chi connectivity index (χ3v) is 2.32. The first-order valence-corrected chi connectivity index (χ1v) is 5.29. The summed E-state index contributed by atoms with van der Waals surface area (Å²) in [5.41, 5.74) is 4.24. The summed E-state index contributed by atoms with van der Waals surface area (Å²) < 4.78 is 73.4. The predicted molar refractivity (Wildman–Crippen MR) is 59.6 cm³/mol. The largest absolute Gasteiger partial charge is 0.416 e. The monoisotopic (exact) mass is 286 g/mol. The van der Waals surface area contributed by atoms with Crippen molar-refractivity contribution in [2.75, 3.05) is 11.1 Å².